The van der Waals surface area contributed by atoms with Gasteiger partial charge in [-0.15, -0.1) is 0 Å². The molecule has 0 radical (unpaired) electrons. The van der Waals surface area contributed by atoms with Crippen LogP contribution in [-0.4, -0.2) is 13.2 Å². The number of methoxy groups -OCH3 is 1. The Bertz CT molecular complexity index is 385. The van der Waals surface area contributed by atoms with Crippen LogP contribution in [0.2, 0.25) is 0 Å². The van der Waals surface area contributed by atoms with E-state index in [1.165, 1.54) is 31.2 Å². The lowest BCUT2D eigenvalue weighted by atomic mass is 9.96. The number of hydrogen-bond donors (Lipinski definition) is 1. The Morgan fingerprint density at radius 3 is 2.58 bits per heavy atom. The quantitative estimate of drug-likeness (QED) is 0.823. The third-order valence-electron chi connectivity index (χ3n) is 4.49. The van der Waals surface area contributed by atoms with Crippen molar-refractivity contribution in [1.29, 1.82) is 0 Å². The van der Waals surface area contributed by atoms with Crippen molar-refractivity contribution in [2.45, 2.75) is 58.0 Å². The van der Waals surface area contributed by atoms with E-state index in [4.69, 9.17) is 4.74 Å². The molecule has 1 aromatic rings. The number of nitrogens with one attached hydrogen (secondary N) is 1. The monoisotopic (exact) mass is 261 g/mol. The normalized spacial score (nSPS) is 19.3. The van der Waals surface area contributed by atoms with Crippen molar-refractivity contribution in [3.63, 3.8) is 0 Å². The van der Waals surface area contributed by atoms with Crippen LogP contribution in [0.3, 0.4) is 0 Å². The minimum Gasteiger partial charge on any atom is -0.496 e. The summed E-state index contributed by atoms with van der Waals surface area (Å²) in [5.41, 5.74) is 1.29. The molecule has 0 spiro atoms. The highest BCUT2D eigenvalue weighted by Gasteiger charge is 2.24. The van der Waals surface area contributed by atoms with Gasteiger partial charge in [-0.2, -0.15) is 0 Å². The lowest BCUT2D eigenvalue weighted by molar-refractivity contribution is 0.330. The minimum atomic E-state index is 0.395. The van der Waals surface area contributed by atoms with Crippen LogP contribution in [0.25, 0.3) is 0 Å². The number of hydrogen-bond acceptors (Lipinski definition) is 2. The van der Waals surface area contributed by atoms with Crippen LogP contribution in [0.15, 0.2) is 24.3 Å². The molecule has 0 aromatic heterocycles. The van der Waals surface area contributed by atoms with Crippen molar-refractivity contribution in [1.82, 2.24) is 5.32 Å². The Morgan fingerprint density at radius 1 is 1.26 bits per heavy atom. The molecule has 106 valence electrons. The fourth-order valence-corrected chi connectivity index (χ4v) is 3.29. The van der Waals surface area contributed by atoms with Gasteiger partial charge in [-0.3, -0.25) is 0 Å². The van der Waals surface area contributed by atoms with E-state index in [1.54, 1.807) is 7.11 Å². The predicted octanol–water partition coefficient (Wildman–Crippen LogP) is 4.31. The van der Waals surface area contributed by atoms with Crippen LogP contribution in [0.5, 0.6) is 5.75 Å². The van der Waals surface area contributed by atoms with E-state index in [0.29, 0.717) is 12.1 Å². The lowest BCUT2D eigenvalue weighted by Gasteiger charge is -2.27. The highest BCUT2D eigenvalue weighted by Crippen LogP contribution is 2.31. The molecule has 19 heavy (non-hydrogen) atoms. The van der Waals surface area contributed by atoms with Gasteiger partial charge in [0.1, 0.15) is 5.75 Å². The zero-order chi connectivity index (χ0) is 13.7. The van der Waals surface area contributed by atoms with Crippen LogP contribution in [0.4, 0.5) is 0 Å². The fourth-order valence-electron chi connectivity index (χ4n) is 3.29. The summed E-state index contributed by atoms with van der Waals surface area (Å²) in [6.07, 6.45) is 6.68. The molecule has 2 atom stereocenters. The highest BCUT2D eigenvalue weighted by atomic mass is 16.5. The van der Waals surface area contributed by atoms with Crippen LogP contribution in [0.1, 0.15) is 57.6 Å². The average molecular weight is 261 g/mol. The second-order valence-corrected chi connectivity index (χ2v) is 5.70. The van der Waals surface area contributed by atoms with Gasteiger partial charge in [0.2, 0.25) is 0 Å². The van der Waals surface area contributed by atoms with E-state index in [2.05, 4.69) is 37.4 Å². The molecule has 0 saturated heterocycles. The second kappa shape index (κ2) is 6.95. The summed E-state index contributed by atoms with van der Waals surface area (Å²) in [6.45, 7) is 4.58. The first kappa shape index (κ1) is 14.4. The molecule has 1 aromatic carbocycles. The molecule has 0 heterocycles. The van der Waals surface area contributed by atoms with E-state index in [-0.39, 0.29) is 0 Å². The molecule has 0 aliphatic heterocycles. The van der Waals surface area contributed by atoms with Crippen molar-refractivity contribution in [2.75, 3.05) is 7.11 Å². The van der Waals surface area contributed by atoms with Crippen molar-refractivity contribution >= 4 is 0 Å². The van der Waals surface area contributed by atoms with E-state index in [0.717, 1.165) is 18.1 Å². The SMILES string of the molecule is CCC(N[C@H](C)C1CCCC1)c1ccccc1OC. The first-order chi connectivity index (χ1) is 9.26. The summed E-state index contributed by atoms with van der Waals surface area (Å²) in [5.74, 6) is 1.85. The number of benzene rings is 1. The molecule has 1 fully saturated rings. The fraction of sp³-hybridized carbons (Fsp3) is 0.647. The van der Waals surface area contributed by atoms with Gasteiger partial charge in [-0.1, -0.05) is 38.0 Å². The van der Waals surface area contributed by atoms with Crippen molar-refractivity contribution in [3.8, 4) is 5.75 Å². The molecule has 1 aliphatic carbocycles. The number of ether oxygens (including phenoxy) is 1. The average Bonchev–Trinajstić information content (AvgIpc) is 2.98. The summed E-state index contributed by atoms with van der Waals surface area (Å²) >= 11 is 0. The molecule has 2 rings (SSSR count). The van der Waals surface area contributed by atoms with E-state index < -0.39 is 0 Å². The van der Waals surface area contributed by atoms with Gasteiger partial charge in [0.15, 0.2) is 0 Å². The van der Waals surface area contributed by atoms with E-state index in [1.807, 2.05) is 6.07 Å². The van der Waals surface area contributed by atoms with Gasteiger partial charge in [0, 0.05) is 17.6 Å². The highest BCUT2D eigenvalue weighted by molar-refractivity contribution is 5.35. The van der Waals surface area contributed by atoms with Crippen LogP contribution in [-0.2, 0) is 0 Å². The summed E-state index contributed by atoms with van der Waals surface area (Å²) in [5, 5.41) is 3.82. The minimum absolute atomic E-state index is 0.395. The first-order valence-electron chi connectivity index (χ1n) is 7.65. The van der Waals surface area contributed by atoms with Crippen LogP contribution < -0.4 is 10.1 Å². The van der Waals surface area contributed by atoms with Crippen LogP contribution in [0, 0.1) is 5.92 Å². The Hall–Kier alpha value is -1.02. The Kier molecular flexibility index (Phi) is 5.26. The van der Waals surface area contributed by atoms with E-state index in [9.17, 15) is 0 Å². The van der Waals surface area contributed by atoms with Gasteiger partial charge in [0.05, 0.1) is 7.11 Å². The topological polar surface area (TPSA) is 21.3 Å². The molecular weight excluding hydrogens is 234 g/mol. The van der Waals surface area contributed by atoms with Gasteiger partial charge >= 0.3 is 0 Å². The van der Waals surface area contributed by atoms with Gasteiger partial charge in [-0.05, 0) is 38.2 Å². The molecule has 2 heteroatoms. The first-order valence-corrected chi connectivity index (χ1v) is 7.65. The van der Waals surface area contributed by atoms with Crippen LogP contribution >= 0.6 is 0 Å². The van der Waals surface area contributed by atoms with Gasteiger partial charge in [-0.25, -0.2) is 0 Å². The van der Waals surface area contributed by atoms with Crippen molar-refractivity contribution in [3.05, 3.63) is 29.8 Å². The zero-order valence-corrected chi connectivity index (χ0v) is 12.5. The maximum Gasteiger partial charge on any atom is 0.123 e. The standard InChI is InChI=1S/C17H27NO/c1-4-16(15-11-7-8-12-17(15)19-3)18-13(2)14-9-5-6-10-14/h7-8,11-14,16,18H,4-6,9-10H2,1-3H3/t13-,16?/m1/s1. The second-order valence-electron chi connectivity index (χ2n) is 5.70. The van der Waals surface area contributed by atoms with Gasteiger partial charge in [0.25, 0.3) is 0 Å². The Morgan fingerprint density at radius 2 is 1.95 bits per heavy atom. The largest absolute Gasteiger partial charge is 0.496 e. The zero-order valence-electron chi connectivity index (χ0n) is 12.5. The Balaban J connectivity index is 2.06. The number of para-hydroxylation sites is 1. The lowest BCUT2D eigenvalue weighted by Crippen LogP contribution is -2.35. The molecule has 2 nitrogen and oxygen atoms in total. The predicted molar refractivity (Wildman–Crippen MR) is 80.6 cm³/mol. The third kappa shape index (κ3) is 3.50. The molecule has 0 amide bonds. The maximum atomic E-state index is 5.50. The van der Waals surface area contributed by atoms with Crippen molar-refractivity contribution in [2.24, 2.45) is 5.92 Å². The molecule has 0 bridgehead atoms. The van der Waals surface area contributed by atoms with Crippen molar-refractivity contribution < 1.29 is 4.74 Å². The number of rotatable bonds is 6. The third-order valence-corrected chi connectivity index (χ3v) is 4.49. The molecule has 1 aliphatic rings. The summed E-state index contributed by atoms with van der Waals surface area (Å²) in [6, 6.07) is 9.36. The summed E-state index contributed by atoms with van der Waals surface area (Å²) in [7, 11) is 1.76. The molecule has 1 N–H and O–H groups in total. The smallest absolute Gasteiger partial charge is 0.123 e. The van der Waals surface area contributed by atoms with Gasteiger partial charge < -0.3 is 10.1 Å². The molecule has 1 unspecified atom stereocenters. The molecular formula is C17H27NO. The van der Waals surface area contributed by atoms with E-state index >= 15 is 0 Å². The molecule has 1 saturated carbocycles. The summed E-state index contributed by atoms with van der Waals surface area (Å²) in [4.78, 5) is 0. The summed E-state index contributed by atoms with van der Waals surface area (Å²) < 4.78 is 5.50. The maximum absolute atomic E-state index is 5.50. The Labute approximate surface area is 117 Å².